The molecule has 0 aliphatic heterocycles. The number of nitrogens with one attached hydrogen (secondary N) is 2. The second-order valence-electron chi connectivity index (χ2n) is 6.12. The third-order valence-electron chi connectivity index (χ3n) is 4.00. The molecule has 6 heteroatoms. The van der Waals surface area contributed by atoms with Gasteiger partial charge < -0.3 is 15.7 Å². The van der Waals surface area contributed by atoms with Crippen LogP contribution in [0, 0.1) is 20.8 Å². The Bertz CT molecular complexity index is 970. The Labute approximate surface area is 152 Å². The van der Waals surface area contributed by atoms with Crippen LogP contribution in [0.5, 0.6) is 0 Å². The summed E-state index contributed by atoms with van der Waals surface area (Å²) in [6.45, 7) is 5.94. The van der Waals surface area contributed by atoms with Crippen molar-refractivity contribution in [3.05, 3.63) is 71.0 Å². The van der Waals surface area contributed by atoms with Gasteiger partial charge in [-0.1, -0.05) is 12.1 Å². The number of nitrogens with zero attached hydrogens (tertiary/aromatic N) is 2. The lowest BCUT2D eigenvalue weighted by Gasteiger charge is -2.11. The molecule has 3 rings (SSSR count). The van der Waals surface area contributed by atoms with Crippen LogP contribution in [0.2, 0.25) is 0 Å². The quantitative estimate of drug-likeness (QED) is 0.625. The second kappa shape index (κ2) is 7.23. The molecule has 0 saturated carbocycles. The van der Waals surface area contributed by atoms with Crippen LogP contribution in [0.25, 0.3) is 0 Å². The molecule has 1 aromatic heterocycles. The number of carbonyl (C=O) groups is 1. The van der Waals surface area contributed by atoms with Gasteiger partial charge in [0.2, 0.25) is 0 Å². The van der Waals surface area contributed by atoms with Crippen LogP contribution in [-0.4, -0.2) is 21.0 Å². The van der Waals surface area contributed by atoms with Gasteiger partial charge >= 0.3 is 5.97 Å². The molecule has 0 saturated heterocycles. The molecular formula is C20H20N4O2. The highest BCUT2D eigenvalue weighted by atomic mass is 16.4. The largest absolute Gasteiger partial charge is 0.478 e. The van der Waals surface area contributed by atoms with Crippen molar-refractivity contribution in [1.82, 2.24) is 9.97 Å². The Kier molecular flexibility index (Phi) is 4.84. The molecule has 0 bridgehead atoms. The smallest absolute Gasteiger partial charge is 0.335 e. The van der Waals surface area contributed by atoms with Gasteiger partial charge in [-0.3, -0.25) is 0 Å². The molecule has 0 aliphatic rings. The summed E-state index contributed by atoms with van der Waals surface area (Å²) in [5.74, 6) is 0.893. The topological polar surface area (TPSA) is 87.1 Å². The summed E-state index contributed by atoms with van der Waals surface area (Å²) in [4.78, 5) is 19.9. The molecule has 26 heavy (non-hydrogen) atoms. The van der Waals surface area contributed by atoms with Crippen molar-refractivity contribution in [2.24, 2.45) is 0 Å². The van der Waals surface area contributed by atoms with Gasteiger partial charge in [0.15, 0.2) is 0 Å². The van der Waals surface area contributed by atoms with Gasteiger partial charge in [0.1, 0.15) is 17.5 Å². The van der Waals surface area contributed by atoms with Crippen LogP contribution < -0.4 is 10.6 Å². The number of rotatable bonds is 5. The summed E-state index contributed by atoms with van der Waals surface area (Å²) in [5.41, 5.74) is 4.25. The minimum atomic E-state index is -0.968. The lowest BCUT2D eigenvalue weighted by Crippen LogP contribution is -2.03. The van der Waals surface area contributed by atoms with E-state index in [-0.39, 0.29) is 5.56 Å². The third kappa shape index (κ3) is 4.16. The summed E-state index contributed by atoms with van der Waals surface area (Å²) in [6.07, 6.45) is 0. The van der Waals surface area contributed by atoms with Crippen molar-refractivity contribution in [2.45, 2.75) is 20.8 Å². The monoisotopic (exact) mass is 348 g/mol. The minimum absolute atomic E-state index is 0.217. The van der Waals surface area contributed by atoms with Crippen LogP contribution in [0.1, 0.15) is 27.3 Å². The molecule has 0 spiro atoms. The normalized spacial score (nSPS) is 10.4. The Morgan fingerprint density at radius 3 is 2.12 bits per heavy atom. The van der Waals surface area contributed by atoms with Crippen molar-refractivity contribution in [3.8, 4) is 0 Å². The maximum absolute atomic E-state index is 11.1. The average molecular weight is 348 g/mol. The van der Waals surface area contributed by atoms with Gasteiger partial charge in [0.05, 0.1) is 5.56 Å². The van der Waals surface area contributed by atoms with Gasteiger partial charge in [-0.15, -0.1) is 0 Å². The standard InChI is InChI=1S/C20H20N4O2/c1-12-7-8-17(9-13(12)2)24-19-11-18(21-14(3)22-19)23-16-6-4-5-15(10-16)20(25)26/h4-11H,1-3H3,(H,25,26)(H2,21,22,23,24). The number of aryl methyl sites for hydroxylation is 3. The molecule has 3 N–H and O–H groups in total. The second-order valence-corrected chi connectivity index (χ2v) is 6.12. The molecule has 6 nitrogen and oxygen atoms in total. The Balaban J connectivity index is 1.84. The highest BCUT2D eigenvalue weighted by molar-refractivity contribution is 5.89. The summed E-state index contributed by atoms with van der Waals surface area (Å²) < 4.78 is 0. The van der Waals surface area contributed by atoms with Crippen molar-refractivity contribution >= 4 is 29.0 Å². The molecule has 0 amide bonds. The fourth-order valence-electron chi connectivity index (χ4n) is 2.54. The fraction of sp³-hybridized carbons (Fsp3) is 0.150. The highest BCUT2D eigenvalue weighted by Gasteiger charge is 2.07. The van der Waals surface area contributed by atoms with E-state index in [1.54, 1.807) is 30.3 Å². The van der Waals surface area contributed by atoms with Gasteiger partial charge in [0, 0.05) is 17.4 Å². The number of anilines is 4. The summed E-state index contributed by atoms with van der Waals surface area (Å²) in [6, 6.07) is 14.5. The molecule has 0 atom stereocenters. The van der Waals surface area contributed by atoms with E-state index in [1.807, 2.05) is 13.0 Å². The Hall–Kier alpha value is -3.41. The summed E-state index contributed by atoms with van der Waals surface area (Å²) >= 11 is 0. The third-order valence-corrected chi connectivity index (χ3v) is 4.00. The number of hydrogen-bond acceptors (Lipinski definition) is 5. The van der Waals surface area contributed by atoms with Crippen molar-refractivity contribution in [2.75, 3.05) is 10.6 Å². The van der Waals surface area contributed by atoms with E-state index in [1.165, 1.54) is 11.1 Å². The van der Waals surface area contributed by atoms with E-state index in [0.29, 0.717) is 23.1 Å². The number of carboxylic acids is 1. The minimum Gasteiger partial charge on any atom is -0.478 e. The van der Waals surface area contributed by atoms with Gasteiger partial charge in [-0.2, -0.15) is 0 Å². The maximum atomic E-state index is 11.1. The van der Waals surface area contributed by atoms with Crippen LogP contribution in [-0.2, 0) is 0 Å². The predicted octanol–water partition coefficient (Wildman–Crippen LogP) is 4.59. The Morgan fingerprint density at radius 2 is 1.50 bits per heavy atom. The molecule has 1 heterocycles. The summed E-state index contributed by atoms with van der Waals surface area (Å²) in [5, 5.41) is 15.5. The lowest BCUT2D eigenvalue weighted by atomic mass is 10.1. The van der Waals surface area contributed by atoms with Crippen LogP contribution in [0.3, 0.4) is 0 Å². The van der Waals surface area contributed by atoms with E-state index in [2.05, 4.69) is 46.6 Å². The van der Waals surface area contributed by atoms with Crippen molar-refractivity contribution in [3.63, 3.8) is 0 Å². The number of carboxylic acid groups (broad SMARTS) is 1. The maximum Gasteiger partial charge on any atom is 0.335 e. The van der Waals surface area contributed by atoms with E-state index >= 15 is 0 Å². The zero-order chi connectivity index (χ0) is 18.7. The van der Waals surface area contributed by atoms with Crippen molar-refractivity contribution < 1.29 is 9.90 Å². The first kappa shape index (κ1) is 17.4. The first-order chi connectivity index (χ1) is 12.4. The fourth-order valence-corrected chi connectivity index (χ4v) is 2.54. The van der Waals surface area contributed by atoms with E-state index in [4.69, 9.17) is 5.11 Å². The zero-order valence-corrected chi connectivity index (χ0v) is 14.9. The molecule has 0 unspecified atom stereocenters. The predicted molar refractivity (Wildman–Crippen MR) is 103 cm³/mol. The first-order valence-corrected chi connectivity index (χ1v) is 8.21. The average Bonchev–Trinajstić information content (AvgIpc) is 2.58. The van der Waals surface area contributed by atoms with Crippen LogP contribution in [0.15, 0.2) is 48.5 Å². The number of benzene rings is 2. The molecule has 3 aromatic rings. The zero-order valence-electron chi connectivity index (χ0n) is 14.9. The summed E-state index contributed by atoms with van der Waals surface area (Å²) in [7, 11) is 0. The number of aromatic nitrogens is 2. The van der Waals surface area contributed by atoms with Gasteiger partial charge in [-0.25, -0.2) is 14.8 Å². The Morgan fingerprint density at radius 1 is 0.846 bits per heavy atom. The van der Waals surface area contributed by atoms with Crippen LogP contribution >= 0.6 is 0 Å². The molecule has 0 radical (unpaired) electrons. The molecule has 0 aliphatic carbocycles. The SMILES string of the molecule is Cc1nc(Nc2cccc(C(=O)O)c2)cc(Nc2ccc(C)c(C)c2)n1. The van der Waals surface area contributed by atoms with Gasteiger partial charge in [0.25, 0.3) is 0 Å². The lowest BCUT2D eigenvalue weighted by molar-refractivity contribution is 0.0697. The van der Waals surface area contributed by atoms with Crippen molar-refractivity contribution in [1.29, 1.82) is 0 Å². The van der Waals surface area contributed by atoms with E-state index in [0.717, 1.165) is 5.69 Å². The molecular weight excluding hydrogens is 328 g/mol. The van der Waals surface area contributed by atoms with E-state index < -0.39 is 5.97 Å². The number of hydrogen-bond donors (Lipinski definition) is 3. The first-order valence-electron chi connectivity index (χ1n) is 8.21. The van der Waals surface area contributed by atoms with Crippen LogP contribution in [0.4, 0.5) is 23.0 Å². The molecule has 132 valence electrons. The molecule has 0 fully saturated rings. The highest BCUT2D eigenvalue weighted by Crippen LogP contribution is 2.22. The van der Waals surface area contributed by atoms with Gasteiger partial charge in [-0.05, 0) is 62.2 Å². The number of aromatic carboxylic acids is 1. The van der Waals surface area contributed by atoms with E-state index in [9.17, 15) is 4.79 Å². The molecule has 2 aromatic carbocycles.